The third-order valence-corrected chi connectivity index (χ3v) is 3.75. The second kappa shape index (κ2) is 4.24. The van der Waals surface area contributed by atoms with Crippen LogP contribution in [0.15, 0.2) is 18.3 Å². The lowest BCUT2D eigenvalue weighted by molar-refractivity contribution is 0.197. The Balaban J connectivity index is 2.07. The molecule has 1 unspecified atom stereocenters. The zero-order valence-corrected chi connectivity index (χ0v) is 10.9. The average molecular weight is 245 g/mol. The fraction of sp³-hybridized carbons (Fsp3) is 0.538. The summed E-state index contributed by atoms with van der Waals surface area (Å²) >= 11 is 0. The van der Waals surface area contributed by atoms with Gasteiger partial charge in [-0.2, -0.15) is 0 Å². The molecule has 96 valence electrons. The van der Waals surface area contributed by atoms with Crippen LogP contribution in [0.25, 0.3) is 5.65 Å². The number of anilines is 1. The number of aromatic nitrogens is 3. The molecule has 1 aliphatic heterocycles. The zero-order chi connectivity index (χ0) is 12.7. The van der Waals surface area contributed by atoms with Crippen LogP contribution in [0.1, 0.15) is 38.6 Å². The van der Waals surface area contributed by atoms with Gasteiger partial charge in [-0.05, 0) is 45.4 Å². The van der Waals surface area contributed by atoms with Crippen LogP contribution in [-0.2, 0) is 0 Å². The van der Waals surface area contributed by atoms with E-state index in [9.17, 15) is 0 Å². The number of likely N-dealkylation sites (tertiary alicyclic amines) is 1. The predicted molar refractivity (Wildman–Crippen MR) is 71.2 cm³/mol. The minimum Gasteiger partial charge on any atom is -0.396 e. The van der Waals surface area contributed by atoms with Gasteiger partial charge in [0.05, 0.1) is 11.7 Å². The van der Waals surface area contributed by atoms with E-state index < -0.39 is 0 Å². The number of nitrogen functional groups attached to an aromatic ring is 1. The Hall–Kier alpha value is -1.62. The summed E-state index contributed by atoms with van der Waals surface area (Å²) in [5.74, 6) is 1.02. The van der Waals surface area contributed by atoms with Crippen LogP contribution >= 0.6 is 0 Å². The van der Waals surface area contributed by atoms with Crippen molar-refractivity contribution < 1.29 is 0 Å². The van der Waals surface area contributed by atoms with Gasteiger partial charge in [-0.3, -0.25) is 9.30 Å². The Kier molecular flexibility index (Phi) is 2.70. The maximum absolute atomic E-state index is 5.93. The molecular formula is C13H19N5. The van der Waals surface area contributed by atoms with Crippen molar-refractivity contribution in [1.82, 2.24) is 19.5 Å². The van der Waals surface area contributed by atoms with Gasteiger partial charge in [0.1, 0.15) is 0 Å². The van der Waals surface area contributed by atoms with E-state index in [-0.39, 0.29) is 0 Å². The number of fused-ring (bicyclic) bond motifs is 1. The number of rotatable bonds is 2. The Bertz CT molecular complexity index is 560. The van der Waals surface area contributed by atoms with Crippen molar-refractivity contribution in [2.45, 2.75) is 38.8 Å². The molecule has 0 aliphatic carbocycles. The van der Waals surface area contributed by atoms with Crippen LogP contribution in [0.3, 0.4) is 0 Å². The van der Waals surface area contributed by atoms with Crippen molar-refractivity contribution in [2.75, 3.05) is 12.3 Å². The highest BCUT2D eigenvalue weighted by Gasteiger charge is 2.31. The van der Waals surface area contributed by atoms with E-state index in [4.69, 9.17) is 5.73 Å². The highest BCUT2D eigenvalue weighted by molar-refractivity contribution is 5.63. The number of nitrogens with two attached hydrogens (primary N) is 1. The maximum Gasteiger partial charge on any atom is 0.184 e. The molecule has 18 heavy (non-hydrogen) atoms. The standard InChI is InChI=1S/C13H19N5/c1-9(2)17-7-4-6-11(17)13-16-15-12-10(14)5-3-8-18(12)13/h3,5,8-9,11H,4,6-7,14H2,1-2H3. The van der Waals surface area contributed by atoms with E-state index >= 15 is 0 Å². The summed E-state index contributed by atoms with van der Waals surface area (Å²) in [6.07, 6.45) is 4.37. The Morgan fingerprint density at radius 3 is 3.00 bits per heavy atom. The molecule has 1 aliphatic rings. The molecule has 5 heteroatoms. The summed E-state index contributed by atoms with van der Waals surface area (Å²) in [4.78, 5) is 2.49. The van der Waals surface area contributed by atoms with Gasteiger partial charge in [-0.25, -0.2) is 0 Å². The van der Waals surface area contributed by atoms with E-state index in [0.29, 0.717) is 17.8 Å². The second-order valence-electron chi connectivity index (χ2n) is 5.20. The fourth-order valence-corrected chi connectivity index (χ4v) is 2.87. The highest BCUT2D eigenvalue weighted by Crippen LogP contribution is 2.32. The third kappa shape index (κ3) is 1.66. The molecule has 0 bridgehead atoms. The molecule has 3 heterocycles. The lowest BCUT2D eigenvalue weighted by Crippen LogP contribution is -2.31. The smallest absolute Gasteiger partial charge is 0.184 e. The van der Waals surface area contributed by atoms with Crippen LogP contribution in [0.5, 0.6) is 0 Å². The molecule has 0 amide bonds. The minimum absolute atomic E-state index is 0.363. The minimum atomic E-state index is 0.363. The molecule has 2 N–H and O–H groups in total. The molecule has 3 rings (SSSR count). The Morgan fingerprint density at radius 1 is 1.39 bits per heavy atom. The van der Waals surface area contributed by atoms with Crippen molar-refractivity contribution in [3.63, 3.8) is 0 Å². The summed E-state index contributed by atoms with van der Waals surface area (Å²) in [6, 6.07) is 4.71. The van der Waals surface area contributed by atoms with E-state index in [1.165, 1.54) is 6.42 Å². The van der Waals surface area contributed by atoms with Crippen LogP contribution in [0.2, 0.25) is 0 Å². The summed E-state index contributed by atoms with van der Waals surface area (Å²) in [5.41, 5.74) is 7.38. The maximum atomic E-state index is 5.93. The van der Waals surface area contributed by atoms with Crippen molar-refractivity contribution in [2.24, 2.45) is 0 Å². The molecule has 2 aromatic heterocycles. The van der Waals surface area contributed by atoms with E-state index in [2.05, 4.69) is 28.9 Å². The Morgan fingerprint density at radius 2 is 2.22 bits per heavy atom. The summed E-state index contributed by atoms with van der Waals surface area (Å²) < 4.78 is 2.03. The van der Waals surface area contributed by atoms with Gasteiger partial charge >= 0.3 is 0 Å². The fourth-order valence-electron chi connectivity index (χ4n) is 2.87. The molecule has 0 aromatic carbocycles. The van der Waals surface area contributed by atoms with Crippen LogP contribution < -0.4 is 5.73 Å². The number of pyridine rings is 1. The topological polar surface area (TPSA) is 59.5 Å². The quantitative estimate of drug-likeness (QED) is 0.877. The van der Waals surface area contributed by atoms with Crippen LogP contribution in [0.4, 0.5) is 5.69 Å². The van der Waals surface area contributed by atoms with Gasteiger partial charge in [0.2, 0.25) is 0 Å². The van der Waals surface area contributed by atoms with E-state index in [0.717, 1.165) is 24.4 Å². The van der Waals surface area contributed by atoms with Crippen molar-refractivity contribution >= 4 is 11.3 Å². The first-order valence-electron chi connectivity index (χ1n) is 6.53. The SMILES string of the molecule is CC(C)N1CCCC1c1nnc2c(N)cccn12. The second-order valence-corrected chi connectivity index (χ2v) is 5.20. The van der Waals surface area contributed by atoms with Gasteiger partial charge in [-0.15, -0.1) is 10.2 Å². The first-order valence-corrected chi connectivity index (χ1v) is 6.53. The van der Waals surface area contributed by atoms with E-state index in [1.807, 2.05) is 22.7 Å². The monoisotopic (exact) mass is 245 g/mol. The van der Waals surface area contributed by atoms with Gasteiger partial charge in [0.25, 0.3) is 0 Å². The highest BCUT2D eigenvalue weighted by atomic mass is 15.3. The predicted octanol–water partition coefficient (Wildman–Crippen LogP) is 1.86. The molecule has 2 aromatic rings. The van der Waals surface area contributed by atoms with Crippen LogP contribution in [0, 0.1) is 0 Å². The number of hydrogen-bond acceptors (Lipinski definition) is 4. The summed E-state index contributed by atoms with van der Waals surface area (Å²) in [6.45, 7) is 5.60. The summed E-state index contributed by atoms with van der Waals surface area (Å²) in [7, 11) is 0. The molecule has 0 spiro atoms. The van der Waals surface area contributed by atoms with Gasteiger partial charge in [0.15, 0.2) is 11.5 Å². The largest absolute Gasteiger partial charge is 0.396 e. The van der Waals surface area contributed by atoms with Gasteiger partial charge < -0.3 is 5.73 Å². The van der Waals surface area contributed by atoms with Gasteiger partial charge in [0, 0.05) is 12.2 Å². The van der Waals surface area contributed by atoms with Gasteiger partial charge in [-0.1, -0.05) is 0 Å². The normalized spacial score (nSPS) is 21.2. The molecular weight excluding hydrogens is 226 g/mol. The number of hydrogen-bond donors (Lipinski definition) is 1. The first-order chi connectivity index (χ1) is 8.68. The molecule has 0 radical (unpaired) electrons. The van der Waals surface area contributed by atoms with Crippen molar-refractivity contribution in [3.05, 3.63) is 24.2 Å². The lowest BCUT2D eigenvalue weighted by Gasteiger charge is -2.26. The van der Waals surface area contributed by atoms with Crippen LogP contribution in [-0.4, -0.2) is 32.1 Å². The zero-order valence-electron chi connectivity index (χ0n) is 10.9. The Labute approximate surface area is 107 Å². The number of nitrogens with zero attached hydrogens (tertiary/aromatic N) is 4. The summed E-state index contributed by atoms with van der Waals surface area (Å²) in [5, 5.41) is 8.58. The lowest BCUT2D eigenvalue weighted by atomic mass is 10.2. The first kappa shape index (κ1) is 11.5. The molecule has 1 atom stereocenters. The molecule has 0 saturated carbocycles. The molecule has 5 nitrogen and oxygen atoms in total. The molecule has 1 saturated heterocycles. The average Bonchev–Trinajstić information content (AvgIpc) is 2.94. The molecule has 1 fully saturated rings. The van der Waals surface area contributed by atoms with E-state index in [1.54, 1.807) is 0 Å². The third-order valence-electron chi connectivity index (χ3n) is 3.75. The van der Waals surface area contributed by atoms with Crippen molar-refractivity contribution in [3.8, 4) is 0 Å². The van der Waals surface area contributed by atoms with Crippen molar-refractivity contribution in [1.29, 1.82) is 0 Å².